The predicted molar refractivity (Wildman–Crippen MR) is 77.4 cm³/mol. The maximum absolute atomic E-state index is 12.1. The van der Waals surface area contributed by atoms with Crippen molar-refractivity contribution in [3.8, 4) is 0 Å². The van der Waals surface area contributed by atoms with Crippen molar-refractivity contribution in [2.45, 2.75) is 11.3 Å². The number of thioether (sulfide) groups is 1. The summed E-state index contributed by atoms with van der Waals surface area (Å²) in [4.78, 5) is 15.7. The quantitative estimate of drug-likeness (QED) is 0.692. The molecular weight excluding hydrogens is 300 g/mol. The molecule has 0 aromatic carbocycles. The van der Waals surface area contributed by atoms with E-state index in [0.29, 0.717) is 18.7 Å². The Bertz CT molecular complexity index is 490. The zero-order valence-corrected chi connectivity index (χ0v) is 13.0. The molecule has 0 aliphatic carbocycles. The van der Waals surface area contributed by atoms with Gasteiger partial charge in [0.15, 0.2) is 9.84 Å². The summed E-state index contributed by atoms with van der Waals surface area (Å²) in [7, 11) is -2.99. The number of rotatable bonds is 3. The number of hydrogen-bond acceptors (Lipinski definition) is 6. The third-order valence-electron chi connectivity index (χ3n) is 4.25. The summed E-state index contributed by atoms with van der Waals surface area (Å²) in [6, 6.07) is 0. The van der Waals surface area contributed by atoms with Crippen LogP contribution in [0.15, 0.2) is 0 Å². The molecule has 3 heterocycles. The van der Waals surface area contributed by atoms with Gasteiger partial charge in [0, 0.05) is 26.2 Å². The van der Waals surface area contributed by atoms with Crippen LogP contribution in [-0.4, -0.2) is 85.6 Å². The van der Waals surface area contributed by atoms with E-state index in [1.165, 1.54) is 11.8 Å². The van der Waals surface area contributed by atoms with Crippen LogP contribution in [-0.2, 0) is 19.4 Å². The highest BCUT2D eigenvalue weighted by Crippen LogP contribution is 2.44. The second-order valence-electron chi connectivity index (χ2n) is 5.58. The number of carbonyl (C=O) groups is 1. The average Bonchev–Trinajstić information content (AvgIpc) is 2.89. The van der Waals surface area contributed by atoms with Crippen molar-refractivity contribution >= 4 is 27.5 Å². The minimum Gasteiger partial charge on any atom is -0.379 e. The van der Waals surface area contributed by atoms with E-state index in [-0.39, 0.29) is 17.4 Å². The summed E-state index contributed by atoms with van der Waals surface area (Å²) in [5.74, 6) is 0.833. The Hall–Kier alpha value is -0.310. The fourth-order valence-corrected chi connectivity index (χ4v) is 7.03. The van der Waals surface area contributed by atoms with Crippen LogP contribution in [0.5, 0.6) is 0 Å². The van der Waals surface area contributed by atoms with E-state index in [1.54, 1.807) is 0 Å². The molecule has 0 aromatic rings. The van der Waals surface area contributed by atoms with Gasteiger partial charge >= 0.3 is 0 Å². The number of nitrogens with zero attached hydrogens (tertiary/aromatic N) is 2. The molecule has 0 bridgehead atoms. The van der Waals surface area contributed by atoms with Crippen molar-refractivity contribution < 1.29 is 17.9 Å². The van der Waals surface area contributed by atoms with Crippen LogP contribution in [0.3, 0.4) is 0 Å². The Labute approximate surface area is 123 Å². The van der Waals surface area contributed by atoms with Crippen LogP contribution in [0, 0.1) is 0 Å². The Kier molecular flexibility index (Phi) is 4.00. The van der Waals surface area contributed by atoms with Crippen molar-refractivity contribution in [3.63, 3.8) is 0 Å². The van der Waals surface area contributed by atoms with Crippen LogP contribution in [0.1, 0.15) is 6.42 Å². The maximum Gasteiger partial charge on any atom is 0.233 e. The third kappa shape index (κ3) is 2.84. The van der Waals surface area contributed by atoms with Crippen LogP contribution >= 0.6 is 11.8 Å². The van der Waals surface area contributed by atoms with Crippen LogP contribution < -0.4 is 0 Å². The van der Waals surface area contributed by atoms with E-state index in [9.17, 15) is 13.2 Å². The number of ether oxygens (including phenoxy) is 1. The normalized spacial score (nSPS) is 34.2. The number of carbonyl (C=O) groups excluding carboxylic acids is 1. The molecular formula is C12H20N2O4S2. The second kappa shape index (κ2) is 5.47. The molecule has 3 saturated heterocycles. The monoisotopic (exact) mass is 320 g/mol. The highest BCUT2D eigenvalue weighted by molar-refractivity contribution is 8.03. The molecule has 1 amide bonds. The lowest BCUT2D eigenvalue weighted by Gasteiger charge is -2.35. The summed E-state index contributed by atoms with van der Waals surface area (Å²) in [6.45, 7) is 4.68. The minimum atomic E-state index is -2.99. The van der Waals surface area contributed by atoms with E-state index in [1.807, 2.05) is 4.90 Å². The molecule has 1 spiro atoms. The Balaban J connectivity index is 1.65. The lowest BCUT2D eigenvalue weighted by molar-refractivity contribution is -0.130. The van der Waals surface area contributed by atoms with E-state index >= 15 is 0 Å². The average molecular weight is 320 g/mol. The number of hydrogen-bond donors (Lipinski definition) is 0. The highest BCUT2D eigenvalue weighted by atomic mass is 32.2. The first-order valence-corrected chi connectivity index (χ1v) is 9.76. The number of morpholine rings is 1. The van der Waals surface area contributed by atoms with Crippen molar-refractivity contribution in [2.75, 3.05) is 56.7 Å². The fourth-order valence-electron chi connectivity index (χ4n) is 3.10. The van der Waals surface area contributed by atoms with Gasteiger partial charge in [0.1, 0.15) is 4.87 Å². The molecule has 1 atom stereocenters. The van der Waals surface area contributed by atoms with Crippen LogP contribution in [0.2, 0.25) is 0 Å². The molecule has 3 rings (SSSR count). The first-order chi connectivity index (χ1) is 9.51. The molecule has 0 radical (unpaired) electrons. The van der Waals surface area contributed by atoms with Crippen LogP contribution in [0.25, 0.3) is 0 Å². The van der Waals surface area contributed by atoms with Gasteiger partial charge in [-0.2, -0.15) is 0 Å². The van der Waals surface area contributed by atoms with Gasteiger partial charge in [0.25, 0.3) is 0 Å². The molecule has 0 aromatic heterocycles. The lowest BCUT2D eigenvalue weighted by atomic mass is 10.2. The third-order valence-corrected chi connectivity index (χ3v) is 7.67. The molecule has 3 aliphatic rings. The van der Waals surface area contributed by atoms with Crippen molar-refractivity contribution in [2.24, 2.45) is 0 Å². The van der Waals surface area contributed by atoms with Crippen LogP contribution in [0.4, 0.5) is 0 Å². The minimum absolute atomic E-state index is 0.0837. The van der Waals surface area contributed by atoms with E-state index < -0.39 is 14.7 Å². The van der Waals surface area contributed by atoms with Gasteiger partial charge in [0.05, 0.1) is 30.5 Å². The SMILES string of the molecule is O=C1CS[C@]2(CCS(=O)(=O)C2)N1CCN1CCOCC1. The number of amides is 1. The summed E-state index contributed by atoms with van der Waals surface area (Å²) < 4.78 is 28.9. The van der Waals surface area contributed by atoms with E-state index in [2.05, 4.69) is 4.90 Å². The molecule has 3 fully saturated rings. The molecule has 0 unspecified atom stereocenters. The molecule has 3 aliphatic heterocycles. The summed E-state index contributed by atoms with van der Waals surface area (Å²) in [5.41, 5.74) is 0. The maximum atomic E-state index is 12.1. The van der Waals surface area contributed by atoms with Gasteiger partial charge in [-0.15, -0.1) is 11.8 Å². The van der Waals surface area contributed by atoms with E-state index in [4.69, 9.17) is 4.74 Å². The second-order valence-corrected chi connectivity index (χ2v) is 9.10. The lowest BCUT2D eigenvalue weighted by Crippen LogP contribution is -2.49. The van der Waals surface area contributed by atoms with Gasteiger partial charge < -0.3 is 9.64 Å². The molecule has 0 saturated carbocycles. The van der Waals surface area contributed by atoms with Gasteiger partial charge in [-0.1, -0.05) is 0 Å². The first-order valence-electron chi connectivity index (χ1n) is 6.96. The van der Waals surface area contributed by atoms with Crippen molar-refractivity contribution in [1.29, 1.82) is 0 Å². The predicted octanol–water partition coefficient (Wildman–Crippen LogP) is -0.591. The Morgan fingerprint density at radius 1 is 1.25 bits per heavy atom. The van der Waals surface area contributed by atoms with Crippen molar-refractivity contribution in [3.05, 3.63) is 0 Å². The van der Waals surface area contributed by atoms with Crippen molar-refractivity contribution in [1.82, 2.24) is 9.80 Å². The van der Waals surface area contributed by atoms with E-state index in [0.717, 1.165) is 32.8 Å². The molecule has 6 nitrogen and oxygen atoms in total. The molecule has 20 heavy (non-hydrogen) atoms. The first kappa shape index (κ1) is 14.6. The zero-order valence-electron chi connectivity index (χ0n) is 11.4. The van der Waals surface area contributed by atoms with Gasteiger partial charge in [-0.25, -0.2) is 8.42 Å². The molecule has 0 N–H and O–H groups in total. The summed E-state index contributed by atoms with van der Waals surface area (Å²) >= 11 is 1.51. The van der Waals surface area contributed by atoms with Gasteiger partial charge in [0.2, 0.25) is 5.91 Å². The smallest absolute Gasteiger partial charge is 0.233 e. The largest absolute Gasteiger partial charge is 0.379 e. The zero-order chi connectivity index (χ0) is 14.2. The molecule has 8 heteroatoms. The fraction of sp³-hybridized carbons (Fsp3) is 0.917. The highest BCUT2D eigenvalue weighted by Gasteiger charge is 2.52. The van der Waals surface area contributed by atoms with Gasteiger partial charge in [-0.3, -0.25) is 9.69 Å². The number of sulfone groups is 1. The topological polar surface area (TPSA) is 66.9 Å². The Morgan fingerprint density at radius 2 is 2.00 bits per heavy atom. The van der Waals surface area contributed by atoms with Gasteiger partial charge in [-0.05, 0) is 6.42 Å². The summed E-state index contributed by atoms with van der Waals surface area (Å²) in [6.07, 6.45) is 0.578. The standard InChI is InChI=1S/C12H20N2O4S2/c15-11-9-19-12(1-8-20(16,17)10-12)14(11)3-2-13-4-6-18-7-5-13/h1-10H2/t12-/m0/s1. The molecule has 114 valence electrons. The summed E-state index contributed by atoms with van der Waals surface area (Å²) in [5, 5.41) is 0. The Morgan fingerprint density at radius 3 is 2.65 bits per heavy atom.